The molecule has 24 heavy (non-hydrogen) atoms. The highest BCUT2D eigenvalue weighted by Gasteiger charge is 2.07. The van der Waals surface area contributed by atoms with Crippen molar-refractivity contribution in [2.75, 3.05) is 0 Å². The molecule has 6 nitrogen and oxygen atoms in total. The third kappa shape index (κ3) is 11.8. The summed E-state index contributed by atoms with van der Waals surface area (Å²) >= 11 is 0. The predicted molar refractivity (Wildman–Crippen MR) is 100 cm³/mol. The largest absolute Gasteiger partial charge is 0.273 e. The van der Waals surface area contributed by atoms with Gasteiger partial charge in [-0.1, -0.05) is 53.4 Å². The molecule has 0 radical (unpaired) electrons. The highest BCUT2D eigenvalue weighted by molar-refractivity contribution is 5.88. The third-order valence-corrected chi connectivity index (χ3v) is 3.41. The number of nitrogens with one attached hydrogen (secondary N) is 2. The quantitative estimate of drug-likeness (QED) is 0.394. The number of amides is 2. The number of hydrazone groups is 2. The molecule has 2 N–H and O–H groups in total. The minimum absolute atomic E-state index is 0.118. The van der Waals surface area contributed by atoms with Crippen molar-refractivity contribution in [2.24, 2.45) is 10.2 Å². The first-order chi connectivity index (χ1) is 11.6. The molecule has 0 rings (SSSR count). The van der Waals surface area contributed by atoms with Crippen molar-refractivity contribution in [1.82, 2.24) is 10.9 Å². The second-order valence-corrected chi connectivity index (χ2v) is 5.93. The van der Waals surface area contributed by atoms with Crippen molar-refractivity contribution in [3.63, 3.8) is 0 Å². The van der Waals surface area contributed by atoms with Gasteiger partial charge in [0, 0.05) is 24.3 Å². The van der Waals surface area contributed by atoms with Crippen molar-refractivity contribution in [1.29, 1.82) is 0 Å². The first-order valence-electron chi connectivity index (χ1n) is 9.25. The van der Waals surface area contributed by atoms with Crippen molar-refractivity contribution in [2.45, 2.75) is 91.9 Å². The van der Waals surface area contributed by atoms with Gasteiger partial charge in [-0.15, -0.1) is 0 Å². The van der Waals surface area contributed by atoms with Crippen molar-refractivity contribution in [3.05, 3.63) is 0 Å². The summed E-state index contributed by atoms with van der Waals surface area (Å²) in [5.74, 6) is -0.470. The lowest BCUT2D eigenvalue weighted by molar-refractivity contribution is -0.126. The normalized spacial score (nSPS) is 10.0. The summed E-state index contributed by atoms with van der Waals surface area (Å²) in [6.45, 7) is 8.35. The van der Waals surface area contributed by atoms with Crippen molar-refractivity contribution < 1.29 is 9.59 Å². The molecule has 0 saturated carbocycles. The Morgan fingerprint density at radius 1 is 0.583 bits per heavy atom. The molecule has 0 aliphatic rings. The van der Waals surface area contributed by atoms with Crippen LogP contribution in [-0.4, -0.2) is 23.2 Å². The first kappa shape index (κ1) is 22.3. The lowest BCUT2D eigenvalue weighted by atomic mass is 10.1. The van der Waals surface area contributed by atoms with E-state index in [1.54, 1.807) is 0 Å². The topological polar surface area (TPSA) is 82.9 Å². The van der Waals surface area contributed by atoms with Crippen LogP contribution >= 0.6 is 0 Å². The average Bonchev–Trinajstić information content (AvgIpc) is 2.56. The number of carbonyl (C=O) groups excluding carboxylic acids is 2. The molecule has 138 valence electrons. The van der Waals surface area contributed by atoms with Crippen LogP contribution in [0.4, 0.5) is 0 Å². The molecule has 0 spiro atoms. The zero-order valence-electron chi connectivity index (χ0n) is 15.8. The molecule has 0 bridgehead atoms. The summed E-state index contributed by atoms with van der Waals surface area (Å²) in [6, 6.07) is 0. The zero-order chi connectivity index (χ0) is 18.2. The Hall–Kier alpha value is -1.72. The molecule has 0 fully saturated rings. The highest BCUT2D eigenvalue weighted by atomic mass is 16.2. The van der Waals surface area contributed by atoms with E-state index in [2.05, 4.69) is 48.7 Å². The van der Waals surface area contributed by atoms with E-state index in [4.69, 9.17) is 0 Å². The first-order valence-corrected chi connectivity index (χ1v) is 9.25. The Kier molecular flexibility index (Phi) is 13.8. The molecule has 0 heterocycles. The Morgan fingerprint density at radius 3 is 1.12 bits per heavy atom. The van der Waals surface area contributed by atoms with Gasteiger partial charge >= 0.3 is 0 Å². The van der Waals surface area contributed by atoms with Gasteiger partial charge in [-0.3, -0.25) is 9.59 Å². The molecular formula is C18H34N4O2. The fourth-order valence-electron chi connectivity index (χ4n) is 2.25. The molecule has 0 aliphatic heterocycles. The van der Waals surface area contributed by atoms with Gasteiger partial charge in [0.1, 0.15) is 0 Å². The minimum Gasteiger partial charge on any atom is -0.273 e. The van der Waals surface area contributed by atoms with Gasteiger partial charge in [-0.25, -0.2) is 10.9 Å². The van der Waals surface area contributed by atoms with Crippen LogP contribution in [0.2, 0.25) is 0 Å². The van der Waals surface area contributed by atoms with Gasteiger partial charge in [0.25, 0.3) is 0 Å². The summed E-state index contributed by atoms with van der Waals surface area (Å²) in [5, 5.41) is 8.32. The SMILES string of the molecule is CCCC(CCC)=NNC(=O)CCC(=O)NN=C(CCC)CCC. The van der Waals surface area contributed by atoms with E-state index >= 15 is 0 Å². The minimum atomic E-state index is -0.235. The van der Waals surface area contributed by atoms with Crippen molar-refractivity contribution in [3.8, 4) is 0 Å². The highest BCUT2D eigenvalue weighted by Crippen LogP contribution is 2.01. The molecule has 0 aromatic rings. The van der Waals surface area contributed by atoms with Crippen LogP contribution in [0.5, 0.6) is 0 Å². The average molecular weight is 338 g/mol. The standard InChI is InChI=1S/C18H34N4O2/c1-5-9-15(10-6-2)19-21-17(23)13-14-18(24)22-20-16(11-7-3)12-8-4/h5-14H2,1-4H3,(H,21,23)(H,22,24). The molecular weight excluding hydrogens is 304 g/mol. The molecule has 0 saturated heterocycles. The monoisotopic (exact) mass is 338 g/mol. The van der Waals surface area contributed by atoms with E-state index in [0.717, 1.165) is 62.8 Å². The van der Waals surface area contributed by atoms with Crippen LogP contribution in [0.3, 0.4) is 0 Å². The number of nitrogens with zero attached hydrogens (tertiary/aromatic N) is 2. The van der Waals surface area contributed by atoms with Crippen LogP contribution < -0.4 is 10.9 Å². The Labute approximate surface area is 146 Å². The van der Waals surface area contributed by atoms with Gasteiger partial charge in [0.15, 0.2) is 0 Å². The van der Waals surface area contributed by atoms with E-state index in [1.165, 1.54) is 0 Å². The lowest BCUT2D eigenvalue weighted by Gasteiger charge is -2.06. The van der Waals surface area contributed by atoms with Crippen LogP contribution in [0.25, 0.3) is 0 Å². The fraction of sp³-hybridized carbons (Fsp3) is 0.778. The molecule has 0 aliphatic carbocycles. The maximum atomic E-state index is 11.8. The fourth-order valence-corrected chi connectivity index (χ4v) is 2.25. The summed E-state index contributed by atoms with van der Waals surface area (Å²) in [5.41, 5.74) is 7.10. The smallest absolute Gasteiger partial charge is 0.240 e. The number of hydrogen-bond donors (Lipinski definition) is 2. The summed E-state index contributed by atoms with van der Waals surface area (Å²) < 4.78 is 0. The second kappa shape index (κ2) is 14.8. The lowest BCUT2D eigenvalue weighted by Crippen LogP contribution is -2.24. The second-order valence-electron chi connectivity index (χ2n) is 5.93. The zero-order valence-corrected chi connectivity index (χ0v) is 15.8. The summed E-state index contributed by atoms with van der Waals surface area (Å²) in [4.78, 5) is 23.5. The van der Waals surface area contributed by atoms with E-state index in [0.29, 0.717) is 0 Å². The van der Waals surface area contributed by atoms with Gasteiger partial charge in [0.05, 0.1) is 0 Å². The maximum absolute atomic E-state index is 11.8. The Bertz CT molecular complexity index is 375. The summed E-state index contributed by atoms with van der Waals surface area (Å²) in [7, 11) is 0. The van der Waals surface area contributed by atoms with Gasteiger partial charge in [0.2, 0.25) is 11.8 Å². The van der Waals surface area contributed by atoms with Crippen LogP contribution in [0.15, 0.2) is 10.2 Å². The van der Waals surface area contributed by atoms with Gasteiger partial charge in [-0.05, 0) is 25.7 Å². The third-order valence-electron chi connectivity index (χ3n) is 3.41. The number of rotatable bonds is 13. The number of carbonyl (C=O) groups is 2. The molecule has 0 aromatic carbocycles. The van der Waals surface area contributed by atoms with Crippen LogP contribution in [-0.2, 0) is 9.59 Å². The van der Waals surface area contributed by atoms with E-state index in [9.17, 15) is 9.59 Å². The molecule has 6 heteroatoms. The Balaban J connectivity index is 4.22. The van der Waals surface area contributed by atoms with Crippen LogP contribution in [0.1, 0.15) is 91.9 Å². The molecule has 0 unspecified atom stereocenters. The molecule has 0 aromatic heterocycles. The van der Waals surface area contributed by atoms with E-state index in [1.807, 2.05) is 0 Å². The predicted octanol–water partition coefficient (Wildman–Crippen LogP) is 3.91. The maximum Gasteiger partial charge on any atom is 0.240 e. The van der Waals surface area contributed by atoms with E-state index in [-0.39, 0.29) is 24.7 Å². The van der Waals surface area contributed by atoms with E-state index < -0.39 is 0 Å². The van der Waals surface area contributed by atoms with Crippen LogP contribution in [0, 0.1) is 0 Å². The summed E-state index contributed by atoms with van der Waals surface area (Å²) in [6.07, 6.45) is 7.82. The van der Waals surface area contributed by atoms with Gasteiger partial charge in [-0.2, -0.15) is 10.2 Å². The number of hydrogen-bond acceptors (Lipinski definition) is 4. The molecule has 2 amide bonds. The van der Waals surface area contributed by atoms with Gasteiger partial charge < -0.3 is 0 Å². The Morgan fingerprint density at radius 2 is 0.875 bits per heavy atom. The van der Waals surface area contributed by atoms with Crippen molar-refractivity contribution >= 4 is 23.2 Å². The molecule has 0 atom stereocenters.